The van der Waals surface area contributed by atoms with E-state index in [0.29, 0.717) is 29.1 Å². The zero-order chi connectivity index (χ0) is 21.3. The molecule has 0 fully saturated rings. The molecule has 0 saturated heterocycles. The summed E-state index contributed by atoms with van der Waals surface area (Å²) in [6.45, 7) is 4.13. The van der Waals surface area contributed by atoms with Crippen LogP contribution in [0.3, 0.4) is 0 Å². The second-order valence-corrected chi connectivity index (χ2v) is 8.22. The van der Waals surface area contributed by atoms with Gasteiger partial charge in [-0.05, 0) is 37.6 Å². The van der Waals surface area contributed by atoms with E-state index in [1.807, 2.05) is 32.0 Å². The Hall–Kier alpha value is -3.26. The highest BCUT2D eigenvalue weighted by atomic mass is 32.1. The van der Waals surface area contributed by atoms with Crippen LogP contribution < -0.4 is 10.1 Å². The van der Waals surface area contributed by atoms with Crippen LogP contribution in [0.4, 0.5) is 0 Å². The molecule has 1 atom stereocenters. The maximum Gasteiger partial charge on any atom is 0.339 e. The van der Waals surface area contributed by atoms with Crippen LogP contribution in [0.1, 0.15) is 36.3 Å². The Morgan fingerprint density at radius 2 is 2.10 bits per heavy atom. The topological polar surface area (TPSA) is 90.4 Å². The van der Waals surface area contributed by atoms with E-state index in [4.69, 9.17) is 9.47 Å². The lowest BCUT2D eigenvalue weighted by Gasteiger charge is -2.13. The van der Waals surface area contributed by atoms with Crippen molar-refractivity contribution in [3.8, 4) is 17.0 Å². The summed E-state index contributed by atoms with van der Waals surface area (Å²) in [7, 11) is 1.34. The molecule has 0 aliphatic carbocycles. The van der Waals surface area contributed by atoms with Crippen molar-refractivity contribution in [2.45, 2.75) is 26.4 Å². The number of nitrogens with zero attached hydrogens (tertiary/aromatic N) is 2. The number of ether oxygens (including phenoxy) is 2. The minimum Gasteiger partial charge on any atom is -0.487 e. The van der Waals surface area contributed by atoms with E-state index in [-0.39, 0.29) is 12.0 Å². The van der Waals surface area contributed by atoms with E-state index in [1.54, 1.807) is 12.1 Å². The molecule has 154 valence electrons. The third-order valence-electron chi connectivity index (χ3n) is 4.89. The molecule has 30 heavy (non-hydrogen) atoms. The number of rotatable bonds is 5. The van der Waals surface area contributed by atoms with Gasteiger partial charge in [-0.15, -0.1) is 11.3 Å². The molecule has 0 spiro atoms. The quantitative estimate of drug-likeness (QED) is 0.633. The van der Waals surface area contributed by atoms with Crippen LogP contribution in [0, 0.1) is 13.8 Å². The molecule has 0 saturated carbocycles. The Bertz CT molecular complexity index is 1110. The Morgan fingerprint density at radius 1 is 1.27 bits per heavy atom. The van der Waals surface area contributed by atoms with E-state index in [9.17, 15) is 9.59 Å². The van der Waals surface area contributed by atoms with E-state index in [2.05, 4.69) is 15.3 Å². The summed E-state index contributed by atoms with van der Waals surface area (Å²) in [5.74, 6) is 0.212. The molecule has 3 aromatic rings. The van der Waals surface area contributed by atoms with E-state index >= 15 is 0 Å². The summed E-state index contributed by atoms with van der Waals surface area (Å²) in [6.07, 6.45) is 2.03. The zero-order valence-electron chi connectivity index (χ0n) is 16.9. The number of benzene rings is 1. The molecule has 1 amide bonds. The first kappa shape index (κ1) is 20.0. The van der Waals surface area contributed by atoms with Crippen LogP contribution in [0.25, 0.3) is 11.3 Å². The van der Waals surface area contributed by atoms with Crippen molar-refractivity contribution in [1.29, 1.82) is 0 Å². The summed E-state index contributed by atoms with van der Waals surface area (Å²) in [5, 5.41) is 3.83. The van der Waals surface area contributed by atoms with Crippen molar-refractivity contribution < 1.29 is 19.1 Å². The molecule has 8 heteroatoms. The first-order chi connectivity index (χ1) is 14.5. The first-order valence-electron chi connectivity index (χ1n) is 9.51. The molecule has 0 unspecified atom stereocenters. The average Bonchev–Trinajstić information content (AvgIpc) is 3.33. The van der Waals surface area contributed by atoms with Crippen LogP contribution in [-0.4, -0.2) is 41.6 Å². The van der Waals surface area contributed by atoms with Gasteiger partial charge in [-0.3, -0.25) is 9.78 Å². The average molecular weight is 423 g/mol. The van der Waals surface area contributed by atoms with Crippen molar-refractivity contribution in [2.24, 2.45) is 0 Å². The number of fused-ring (bicyclic) bond motifs is 1. The summed E-state index contributed by atoms with van der Waals surface area (Å²) < 4.78 is 10.9. The monoisotopic (exact) mass is 423 g/mol. The van der Waals surface area contributed by atoms with Gasteiger partial charge in [0.05, 0.1) is 35.6 Å². The third kappa shape index (κ3) is 3.91. The normalized spacial score (nSPS) is 14.7. The molecule has 3 heterocycles. The number of nitrogens with one attached hydrogen (secondary N) is 1. The number of carbonyl (C=O) groups is 2. The van der Waals surface area contributed by atoms with Gasteiger partial charge in [-0.2, -0.15) is 0 Å². The van der Waals surface area contributed by atoms with Crippen molar-refractivity contribution in [2.75, 3.05) is 13.7 Å². The second kappa shape index (κ2) is 8.23. The minimum atomic E-state index is -0.425. The third-order valence-corrected chi connectivity index (χ3v) is 5.96. The number of hydrogen-bond donors (Lipinski definition) is 1. The largest absolute Gasteiger partial charge is 0.487 e. The van der Waals surface area contributed by atoms with Crippen LogP contribution in [0.2, 0.25) is 0 Å². The van der Waals surface area contributed by atoms with Gasteiger partial charge < -0.3 is 14.8 Å². The predicted molar refractivity (Wildman–Crippen MR) is 113 cm³/mol. The van der Waals surface area contributed by atoms with Gasteiger partial charge in [0.1, 0.15) is 16.7 Å². The molecule has 4 rings (SSSR count). The number of carbonyl (C=O) groups excluding carboxylic acids is 2. The smallest absolute Gasteiger partial charge is 0.339 e. The van der Waals surface area contributed by atoms with Gasteiger partial charge in [0.25, 0.3) is 5.91 Å². The molecule has 0 bridgehead atoms. The minimum absolute atomic E-state index is 0.127. The van der Waals surface area contributed by atoms with Gasteiger partial charge in [0, 0.05) is 18.2 Å². The second-order valence-electron chi connectivity index (χ2n) is 7.02. The molecule has 1 aromatic carbocycles. The number of aryl methyl sites for hydroxylation is 2. The SMILES string of the molecule is COC(=O)c1ccc(-c2cccc3c2O[C@@H](CNC(=O)c2sc(C)nc2C)C3)nc1. The molecule has 7 nitrogen and oxygen atoms in total. The molecule has 1 N–H and O–H groups in total. The maximum absolute atomic E-state index is 12.5. The first-order valence-corrected chi connectivity index (χ1v) is 10.3. The lowest BCUT2D eigenvalue weighted by Crippen LogP contribution is -2.34. The molecular weight excluding hydrogens is 402 g/mol. The summed E-state index contributed by atoms with van der Waals surface area (Å²) in [6, 6.07) is 9.36. The predicted octanol–water partition coefficient (Wildman–Crippen LogP) is 3.34. The Balaban J connectivity index is 1.46. The summed E-state index contributed by atoms with van der Waals surface area (Å²) in [4.78, 5) is 33.4. The van der Waals surface area contributed by atoms with Crippen LogP contribution in [-0.2, 0) is 11.2 Å². The van der Waals surface area contributed by atoms with Crippen molar-refractivity contribution >= 4 is 23.2 Å². The fraction of sp³-hybridized carbons (Fsp3) is 0.273. The van der Waals surface area contributed by atoms with E-state index in [0.717, 1.165) is 27.6 Å². The molecule has 1 aliphatic rings. The number of esters is 1. The van der Waals surface area contributed by atoms with E-state index < -0.39 is 5.97 Å². The lowest BCUT2D eigenvalue weighted by molar-refractivity contribution is 0.0600. The Kier molecular flexibility index (Phi) is 5.50. The summed E-state index contributed by atoms with van der Waals surface area (Å²) >= 11 is 1.39. The van der Waals surface area contributed by atoms with E-state index in [1.165, 1.54) is 24.6 Å². The zero-order valence-corrected chi connectivity index (χ0v) is 17.7. The van der Waals surface area contributed by atoms with Gasteiger partial charge in [-0.25, -0.2) is 9.78 Å². The number of aromatic nitrogens is 2. The Labute approximate surface area is 178 Å². The Morgan fingerprint density at radius 3 is 2.77 bits per heavy atom. The van der Waals surface area contributed by atoms with Crippen LogP contribution in [0.15, 0.2) is 36.5 Å². The maximum atomic E-state index is 12.5. The van der Waals surface area contributed by atoms with Crippen molar-refractivity contribution in [1.82, 2.24) is 15.3 Å². The fourth-order valence-electron chi connectivity index (χ4n) is 3.47. The van der Waals surface area contributed by atoms with Crippen molar-refractivity contribution in [3.63, 3.8) is 0 Å². The highest BCUT2D eigenvalue weighted by Gasteiger charge is 2.27. The van der Waals surface area contributed by atoms with Gasteiger partial charge in [-0.1, -0.05) is 12.1 Å². The van der Waals surface area contributed by atoms with Crippen LogP contribution >= 0.6 is 11.3 Å². The molecule has 1 aliphatic heterocycles. The highest BCUT2D eigenvalue weighted by Crippen LogP contribution is 2.38. The molecule has 2 aromatic heterocycles. The van der Waals surface area contributed by atoms with Crippen molar-refractivity contribution in [3.05, 3.63) is 63.2 Å². The number of methoxy groups -OCH3 is 1. The van der Waals surface area contributed by atoms with Crippen LogP contribution in [0.5, 0.6) is 5.75 Å². The highest BCUT2D eigenvalue weighted by molar-refractivity contribution is 7.13. The number of thiazole rings is 1. The van der Waals surface area contributed by atoms with Gasteiger partial charge in [0.15, 0.2) is 0 Å². The summed E-state index contributed by atoms with van der Waals surface area (Å²) in [5.41, 5.74) is 3.76. The van der Waals surface area contributed by atoms with Gasteiger partial charge >= 0.3 is 5.97 Å². The molecule has 0 radical (unpaired) electrons. The standard InChI is InChI=1S/C22H21N3O4S/c1-12-20(30-13(2)25-12)21(26)24-11-16-9-14-5-4-6-17(19(14)29-16)18-8-7-15(10-23-18)22(27)28-3/h4-8,10,16H,9,11H2,1-3H3,(H,24,26)/t16-/m1/s1. The lowest BCUT2D eigenvalue weighted by atomic mass is 10.0. The molecular formula is C22H21N3O4S. The number of hydrogen-bond acceptors (Lipinski definition) is 7. The number of pyridine rings is 1. The number of amides is 1. The van der Waals surface area contributed by atoms with Gasteiger partial charge in [0.2, 0.25) is 0 Å². The fourth-order valence-corrected chi connectivity index (χ4v) is 4.31. The number of para-hydroxylation sites is 1.